The Bertz CT molecular complexity index is 1790. The zero-order valence-electron chi connectivity index (χ0n) is 20.9. The van der Waals surface area contributed by atoms with Gasteiger partial charge in [0.05, 0.1) is 39.7 Å². The molecule has 0 aliphatic rings. The molecule has 0 atom stereocenters. The van der Waals surface area contributed by atoms with Gasteiger partial charge in [0.25, 0.3) is 10.0 Å². The fraction of sp³-hybridized carbons (Fsp3) is 0.0345. The van der Waals surface area contributed by atoms with E-state index in [0.717, 1.165) is 5.56 Å². The maximum absolute atomic E-state index is 13.1. The summed E-state index contributed by atoms with van der Waals surface area (Å²) in [4.78, 5) is 17.5. The number of pyridine rings is 1. The number of sulfonamides is 1. The fourth-order valence-corrected chi connectivity index (χ4v) is 4.88. The summed E-state index contributed by atoms with van der Waals surface area (Å²) in [6.07, 6.45) is 7.79. The second-order valence-corrected chi connectivity index (χ2v) is 10.1. The Morgan fingerprint density at radius 3 is 2.41 bits per heavy atom. The Morgan fingerprint density at radius 1 is 0.897 bits per heavy atom. The van der Waals surface area contributed by atoms with Crippen LogP contribution in [0.15, 0.2) is 114 Å². The molecule has 0 fully saturated rings. The van der Waals surface area contributed by atoms with E-state index in [1.165, 1.54) is 24.5 Å². The van der Waals surface area contributed by atoms with Gasteiger partial charge in [-0.15, -0.1) is 0 Å². The van der Waals surface area contributed by atoms with E-state index in [-0.39, 0.29) is 4.90 Å². The average Bonchev–Trinajstić information content (AvgIpc) is 2.96. The van der Waals surface area contributed by atoms with Crippen LogP contribution in [0.2, 0.25) is 0 Å². The molecule has 0 saturated heterocycles. The Hall–Kier alpha value is -5.09. The molecule has 194 valence electrons. The van der Waals surface area contributed by atoms with Crippen molar-refractivity contribution in [2.24, 2.45) is 10.7 Å². The number of rotatable bonds is 8. The summed E-state index contributed by atoms with van der Waals surface area (Å²) in [5, 5.41) is 0. The molecule has 5 aromatic rings. The normalized spacial score (nSPS) is 12.1. The number of anilines is 1. The molecule has 3 aromatic carbocycles. The van der Waals surface area contributed by atoms with E-state index >= 15 is 0 Å². The summed E-state index contributed by atoms with van der Waals surface area (Å²) in [5.41, 5.74) is 10.1. The van der Waals surface area contributed by atoms with E-state index < -0.39 is 10.0 Å². The number of benzene rings is 3. The molecule has 0 radical (unpaired) electrons. The predicted molar refractivity (Wildman–Crippen MR) is 153 cm³/mol. The molecule has 0 aliphatic carbocycles. The minimum Gasteiger partial charge on any atom is -0.457 e. The molecule has 0 aliphatic heterocycles. The largest absolute Gasteiger partial charge is 0.457 e. The van der Waals surface area contributed by atoms with Crippen LogP contribution >= 0.6 is 0 Å². The van der Waals surface area contributed by atoms with Crippen molar-refractivity contribution in [3.63, 3.8) is 0 Å². The maximum Gasteiger partial charge on any atom is 0.261 e. The second-order valence-electron chi connectivity index (χ2n) is 8.42. The number of aliphatic imine (C=N–C) groups is 1. The van der Waals surface area contributed by atoms with E-state index in [2.05, 4.69) is 24.7 Å². The highest BCUT2D eigenvalue weighted by atomic mass is 32.2. The first-order valence-corrected chi connectivity index (χ1v) is 13.4. The number of nitrogens with one attached hydrogen (secondary N) is 1. The molecule has 0 bridgehead atoms. The lowest BCUT2D eigenvalue weighted by atomic mass is 10.1. The van der Waals surface area contributed by atoms with Gasteiger partial charge in [0, 0.05) is 36.8 Å². The Kier molecular flexibility index (Phi) is 7.28. The SMILES string of the molecule is CN=CC(=CN)c1cnc2ccc(-c3cncc(NS(=O)(=O)c4ccc(Oc5ccccc5)cc4)c3)cc2n1. The molecule has 0 saturated carbocycles. The van der Waals surface area contributed by atoms with Crippen LogP contribution in [-0.4, -0.2) is 36.6 Å². The van der Waals surface area contributed by atoms with Gasteiger partial charge in [0.1, 0.15) is 11.5 Å². The van der Waals surface area contributed by atoms with Crippen molar-refractivity contribution in [2.75, 3.05) is 11.8 Å². The van der Waals surface area contributed by atoms with Gasteiger partial charge in [-0.3, -0.25) is 19.7 Å². The molecule has 0 unspecified atom stereocenters. The number of nitrogens with zero attached hydrogens (tertiary/aromatic N) is 4. The number of ether oxygens (including phenoxy) is 1. The summed E-state index contributed by atoms with van der Waals surface area (Å²) in [6, 6.07) is 22.8. The van der Waals surface area contributed by atoms with Crippen molar-refractivity contribution in [1.82, 2.24) is 15.0 Å². The number of nitrogens with two attached hydrogens (primary N) is 1. The number of para-hydroxylation sites is 1. The van der Waals surface area contributed by atoms with Gasteiger partial charge in [0.15, 0.2) is 0 Å². The first-order chi connectivity index (χ1) is 18.9. The highest BCUT2D eigenvalue weighted by Crippen LogP contribution is 2.27. The first-order valence-electron chi connectivity index (χ1n) is 11.9. The van der Waals surface area contributed by atoms with Crippen molar-refractivity contribution in [2.45, 2.75) is 4.90 Å². The quantitative estimate of drug-likeness (QED) is 0.258. The molecule has 2 heterocycles. The van der Waals surface area contributed by atoms with Crippen LogP contribution in [0.5, 0.6) is 11.5 Å². The number of allylic oxidation sites excluding steroid dienone is 1. The molecular weight excluding hydrogens is 512 g/mol. The molecular formula is C29H24N6O3S. The minimum atomic E-state index is -3.86. The molecule has 39 heavy (non-hydrogen) atoms. The predicted octanol–water partition coefficient (Wildman–Crippen LogP) is 5.29. The van der Waals surface area contributed by atoms with Gasteiger partial charge >= 0.3 is 0 Å². The first kappa shape index (κ1) is 25.6. The van der Waals surface area contributed by atoms with Gasteiger partial charge in [-0.05, 0) is 60.2 Å². The third kappa shape index (κ3) is 5.91. The lowest BCUT2D eigenvalue weighted by molar-refractivity contribution is 0.482. The molecule has 2 aromatic heterocycles. The fourth-order valence-electron chi connectivity index (χ4n) is 3.84. The van der Waals surface area contributed by atoms with Gasteiger partial charge in [-0.1, -0.05) is 24.3 Å². The van der Waals surface area contributed by atoms with Crippen molar-refractivity contribution in [3.8, 4) is 22.6 Å². The average molecular weight is 537 g/mol. The molecule has 9 nitrogen and oxygen atoms in total. The van der Waals surface area contributed by atoms with Gasteiger partial charge in [0.2, 0.25) is 0 Å². The summed E-state index contributed by atoms with van der Waals surface area (Å²) >= 11 is 0. The van der Waals surface area contributed by atoms with Crippen LogP contribution in [0.3, 0.4) is 0 Å². The maximum atomic E-state index is 13.1. The zero-order valence-corrected chi connectivity index (χ0v) is 21.7. The summed E-state index contributed by atoms with van der Waals surface area (Å²) in [6.45, 7) is 0. The van der Waals surface area contributed by atoms with Crippen LogP contribution in [0, 0.1) is 0 Å². The van der Waals surface area contributed by atoms with Crippen molar-refractivity contribution in [3.05, 3.63) is 109 Å². The van der Waals surface area contributed by atoms with Gasteiger partial charge in [-0.25, -0.2) is 13.4 Å². The van der Waals surface area contributed by atoms with Crippen molar-refractivity contribution < 1.29 is 13.2 Å². The summed E-state index contributed by atoms with van der Waals surface area (Å²) in [7, 11) is -2.21. The van der Waals surface area contributed by atoms with E-state index in [1.54, 1.807) is 43.9 Å². The van der Waals surface area contributed by atoms with Crippen LogP contribution in [0.1, 0.15) is 5.69 Å². The van der Waals surface area contributed by atoms with Crippen LogP contribution < -0.4 is 15.2 Å². The van der Waals surface area contributed by atoms with E-state index in [1.807, 2.05) is 48.5 Å². The summed E-state index contributed by atoms with van der Waals surface area (Å²) in [5.74, 6) is 1.19. The molecule has 10 heteroatoms. The van der Waals surface area contributed by atoms with E-state index in [9.17, 15) is 8.42 Å². The van der Waals surface area contributed by atoms with Gasteiger partial charge < -0.3 is 10.5 Å². The lowest BCUT2D eigenvalue weighted by Gasteiger charge is -2.11. The zero-order chi connectivity index (χ0) is 27.2. The number of aromatic nitrogens is 3. The van der Waals surface area contributed by atoms with Crippen LogP contribution in [0.4, 0.5) is 5.69 Å². The van der Waals surface area contributed by atoms with Crippen molar-refractivity contribution >= 4 is 38.5 Å². The number of fused-ring (bicyclic) bond motifs is 1. The van der Waals surface area contributed by atoms with Gasteiger partial charge in [-0.2, -0.15) is 0 Å². The highest BCUT2D eigenvalue weighted by Gasteiger charge is 2.15. The van der Waals surface area contributed by atoms with E-state index in [0.29, 0.717) is 45.1 Å². The van der Waals surface area contributed by atoms with Crippen LogP contribution in [0.25, 0.3) is 27.7 Å². The molecule has 3 N–H and O–H groups in total. The number of hydrogen-bond acceptors (Lipinski definition) is 8. The Morgan fingerprint density at radius 2 is 1.67 bits per heavy atom. The topological polar surface area (TPSA) is 132 Å². The van der Waals surface area contributed by atoms with Crippen LogP contribution in [-0.2, 0) is 10.0 Å². The molecule has 0 amide bonds. The lowest BCUT2D eigenvalue weighted by Crippen LogP contribution is -2.13. The monoisotopic (exact) mass is 536 g/mol. The second kappa shape index (κ2) is 11.1. The Labute approximate surface area is 225 Å². The highest BCUT2D eigenvalue weighted by molar-refractivity contribution is 7.92. The number of hydrogen-bond donors (Lipinski definition) is 2. The molecule has 0 spiro atoms. The van der Waals surface area contributed by atoms with E-state index in [4.69, 9.17) is 10.5 Å². The minimum absolute atomic E-state index is 0.0983. The standard InChI is InChI=1S/C29H24N6O3S/c1-31-16-22(15-30)29-19-33-27-12-7-20(14-28(27)34-29)21-13-23(18-32-17-21)35-39(36,37)26-10-8-25(9-11-26)38-24-5-3-2-4-6-24/h2-19,35H,30H2,1H3. The molecule has 5 rings (SSSR count). The third-order valence-corrected chi connectivity index (χ3v) is 7.12. The Balaban J connectivity index is 1.37. The van der Waals surface area contributed by atoms with Crippen molar-refractivity contribution in [1.29, 1.82) is 0 Å². The summed E-state index contributed by atoms with van der Waals surface area (Å²) < 4.78 is 34.5. The smallest absolute Gasteiger partial charge is 0.261 e. The third-order valence-electron chi connectivity index (χ3n) is 5.72.